The minimum atomic E-state index is -5.43. The SMILES string of the molecule is O=C(Nc1ccc(-c2cnc(CCNS(=O)(=O)C(F)(F)F)s2)cc1)Nc1c(F)cc(F)cc1F. The highest BCUT2D eigenvalue weighted by Gasteiger charge is 2.45. The number of hydrogen-bond donors (Lipinski definition) is 3. The van der Waals surface area contributed by atoms with E-state index in [4.69, 9.17) is 0 Å². The van der Waals surface area contributed by atoms with E-state index in [1.54, 1.807) is 12.1 Å². The van der Waals surface area contributed by atoms with Crippen LogP contribution in [0.3, 0.4) is 0 Å². The van der Waals surface area contributed by atoms with Crippen molar-refractivity contribution in [3.05, 3.63) is 65.1 Å². The summed E-state index contributed by atoms with van der Waals surface area (Å²) in [6.45, 7) is -0.484. The second kappa shape index (κ2) is 9.99. The number of benzene rings is 2. The highest BCUT2D eigenvalue weighted by Crippen LogP contribution is 2.28. The third-order valence-electron chi connectivity index (χ3n) is 4.16. The predicted molar refractivity (Wildman–Crippen MR) is 113 cm³/mol. The number of aromatic nitrogens is 1. The molecule has 0 aliphatic rings. The number of nitrogens with one attached hydrogen (secondary N) is 3. The van der Waals surface area contributed by atoms with Gasteiger partial charge < -0.3 is 10.6 Å². The fourth-order valence-electron chi connectivity index (χ4n) is 2.59. The van der Waals surface area contributed by atoms with E-state index in [1.807, 2.05) is 5.32 Å². The zero-order valence-corrected chi connectivity index (χ0v) is 18.3. The number of anilines is 2. The molecule has 3 N–H and O–H groups in total. The number of hydrogen-bond acceptors (Lipinski definition) is 5. The summed E-state index contributed by atoms with van der Waals surface area (Å²) >= 11 is 1.13. The van der Waals surface area contributed by atoms with Crippen LogP contribution in [0, 0.1) is 17.5 Å². The van der Waals surface area contributed by atoms with Gasteiger partial charge in [0.2, 0.25) is 0 Å². The van der Waals surface area contributed by atoms with E-state index >= 15 is 0 Å². The molecule has 0 spiro atoms. The third-order valence-corrected chi connectivity index (χ3v) is 6.46. The average Bonchev–Trinajstić information content (AvgIpc) is 3.19. The van der Waals surface area contributed by atoms with Gasteiger partial charge in [-0.1, -0.05) is 12.1 Å². The molecule has 0 aliphatic heterocycles. The van der Waals surface area contributed by atoms with Crippen LogP contribution >= 0.6 is 11.3 Å². The number of alkyl halides is 3. The third kappa shape index (κ3) is 6.24. The summed E-state index contributed by atoms with van der Waals surface area (Å²) in [5.41, 5.74) is -5.31. The van der Waals surface area contributed by atoms with Crippen molar-refractivity contribution in [3.63, 3.8) is 0 Å². The van der Waals surface area contributed by atoms with Crippen LogP contribution in [0.15, 0.2) is 42.6 Å². The maximum absolute atomic E-state index is 13.6. The first kappa shape index (κ1) is 25.5. The van der Waals surface area contributed by atoms with E-state index in [0.29, 0.717) is 27.6 Å². The molecule has 0 unspecified atom stereocenters. The Hall–Kier alpha value is -3.17. The maximum atomic E-state index is 13.6. The maximum Gasteiger partial charge on any atom is 0.511 e. The molecule has 1 aromatic heterocycles. The Balaban J connectivity index is 1.58. The quantitative estimate of drug-likeness (QED) is 0.385. The van der Waals surface area contributed by atoms with E-state index < -0.39 is 51.2 Å². The predicted octanol–water partition coefficient (Wildman–Crippen LogP) is 4.85. The van der Waals surface area contributed by atoms with Crippen LogP contribution in [0.4, 0.5) is 42.5 Å². The van der Waals surface area contributed by atoms with Gasteiger partial charge in [0.25, 0.3) is 0 Å². The summed E-state index contributed by atoms with van der Waals surface area (Å²) in [5.74, 6) is -3.70. The van der Waals surface area contributed by atoms with Crippen LogP contribution in [0.25, 0.3) is 10.4 Å². The number of urea groups is 1. The number of rotatable bonds is 7. The molecular formula is C19H14F6N4O3S2. The second-order valence-corrected chi connectivity index (χ2v) is 9.49. The summed E-state index contributed by atoms with van der Waals surface area (Å²) < 4.78 is 101. The van der Waals surface area contributed by atoms with Crippen molar-refractivity contribution >= 4 is 38.8 Å². The molecular weight excluding hydrogens is 510 g/mol. The Morgan fingerprint density at radius 2 is 1.62 bits per heavy atom. The number of carbonyl (C=O) groups excluding carboxylic acids is 1. The smallest absolute Gasteiger partial charge is 0.308 e. The fourth-order valence-corrected chi connectivity index (χ4v) is 4.05. The molecule has 0 atom stereocenters. The second-order valence-electron chi connectivity index (χ2n) is 6.61. The fraction of sp³-hybridized carbons (Fsp3) is 0.158. The Bertz CT molecular complexity index is 1270. The van der Waals surface area contributed by atoms with E-state index in [1.165, 1.54) is 23.1 Å². The van der Waals surface area contributed by atoms with Gasteiger partial charge in [0, 0.05) is 37.0 Å². The van der Waals surface area contributed by atoms with Crippen molar-refractivity contribution in [2.75, 3.05) is 17.2 Å². The van der Waals surface area contributed by atoms with Gasteiger partial charge in [-0.25, -0.2) is 36.1 Å². The lowest BCUT2D eigenvalue weighted by Crippen LogP contribution is -2.37. The normalized spacial score (nSPS) is 11.9. The van der Waals surface area contributed by atoms with Gasteiger partial charge in [-0.3, -0.25) is 0 Å². The van der Waals surface area contributed by atoms with Crippen molar-refractivity contribution in [2.45, 2.75) is 11.9 Å². The van der Waals surface area contributed by atoms with Gasteiger partial charge in [-0.15, -0.1) is 11.3 Å². The zero-order chi connectivity index (χ0) is 25.1. The molecule has 7 nitrogen and oxygen atoms in total. The van der Waals surface area contributed by atoms with Gasteiger partial charge in [0.05, 0.1) is 9.88 Å². The lowest BCUT2D eigenvalue weighted by molar-refractivity contribution is -0.0447. The number of carbonyl (C=O) groups is 1. The van der Waals surface area contributed by atoms with E-state index in [9.17, 15) is 39.6 Å². The number of amides is 2. The molecule has 3 aromatic rings. The van der Waals surface area contributed by atoms with Crippen LogP contribution in [0.2, 0.25) is 0 Å². The highest BCUT2D eigenvalue weighted by molar-refractivity contribution is 7.90. The summed E-state index contributed by atoms with van der Waals surface area (Å²) in [5, 5.41) is 4.69. The van der Waals surface area contributed by atoms with Gasteiger partial charge in [0.1, 0.15) is 11.5 Å². The first-order valence-corrected chi connectivity index (χ1v) is 11.5. The number of nitrogens with zero attached hydrogens (tertiary/aromatic N) is 1. The molecule has 0 saturated carbocycles. The summed E-state index contributed by atoms with van der Waals surface area (Å²) in [4.78, 5) is 16.7. The lowest BCUT2D eigenvalue weighted by Gasteiger charge is -2.10. The van der Waals surface area contributed by atoms with Crippen molar-refractivity contribution in [2.24, 2.45) is 0 Å². The molecule has 2 aromatic carbocycles. The van der Waals surface area contributed by atoms with Gasteiger partial charge in [-0.2, -0.15) is 13.2 Å². The Labute approximate surface area is 192 Å². The van der Waals surface area contributed by atoms with Crippen LogP contribution in [-0.4, -0.2) is 31.5 Å². The standard InChI is InChI=1S/C19H14F6N4O3S2/c20-11-7-13(21)17(14(22)8-11)29-18(30)28-12-3-1-10(2-4-12)15-9-26-16(33-15)5-6-27-34(31,32)19(23,24)25/h1-4,7-9,27H,5-6H2,(H2,28,29,30). The number of halogens is 6. The largest absolute Gasteiger partial charge is 0.511 e. The van der Waals surface area contributed by atoms with E-state index in [-0.39, 0.29) is 12.1 Å². The first-order chi connectivity index (χ1) is 15.9. The summed E-state index contributed by atoms with van der Waals surface area (Å²) in [7, 11) is -5.43. The monoisotopic (exact) mass is 524 g/mol. The molecule has 0 saturated heterocycles. The van der Waals surface area contributed by atoms with Crippen molar-refractivity contribution in [1.29, 1.82) is 0 Å². The molecule has 0 bridgehead atoms. The number of thiazole rings is 1. The zero-order valence-electron chi connectivity index (χ0n) is 16.7. The van der Waals surface area contributed by atoms with Gasteiger partial charge in [-0.05, 0) is 17.7 Å². The minimum Gasteiger partial charge on any atom is -0.308 e. The average molecular weight is 524 g/mol. The minimum absolute atomic E-state index is 0.0592. The van der Waals surface area contributed by atoms with Gasteiger partial charge in [0.15, 0.2) is 11.6 Å². The van der Waals surface area contributed by atoms with Crippen molar-refractivity contribution in [3.8, 4) is 10.4 Å². The number of sulfonamides is 1. The Morgan fingerprint density at radius 1 is 1.00 bits per heavy atom. The lowest BCUT2D eigenvalue weighted by atomic mass is 10.2. The molecule has 182 valence electrons. The summed E-state index contributed by atoms with van der Waals surface area (Å²) in [6, 6.07) is 5.98. The molecule has 15 heteroatoms. The van der Waals surface area contributed by atoms with Crippen LogP contribution in [0.5, 0.6) is 0 Å². The molecule has 0 aliphatic carbocycles. The molecule has 2 amide bonds. The first-order valence-electron chi connectivity index (χ1n) is 9.19. The topological polar surface area (TPSA) is 100 Å². The van der Waals surface area contributed by atoms with E-state index in [2.05, 4.69) is 10.3 Å². The van der Waals surface area contributed by atoms with E-state index in [0.717, 1.165) is 11.3 Å². The van der Waals surface area contributed by atoms with Crippen LogP contribution in [0.1, 0.15) is 5.01 Å². The molecule has 1 heterocycles. The van der Waals surface area contributed by atoms with Crippen molar-refractivity contribution in [1.82, 2.24) is 9.71 Å². The van der Waals surface area contributed by atoms with Crippen LogP contribution < -0.4 is 15.4 Å². The molecule has 0 radical (unpaired) electrons. The highest BCUT2D eigenvalue weighted by atomic mass is 32.2. The molecule has 3 rings (SSSR count). The Kier molecular flexibility index (Phi) is 7.48. The van der Waals surface area contributed by atoms with Gasteiger partial charge >= 0.3 is 21.6 Å². The van der Waals surface area contributed by atoms with Crippen molar-refractivity contribution < 1.29 is 39.6 Å². The summed E-state index contributed by atoms with van der Waals surface area (Å²) in [6.07, 6.45) is 1.39. The molecule has 0 fully saturated rings. The molecule has 34 heavy (non-hydrogen) atoms. The van der Waals surface area contributed by atoms with Crippen LogP contribution in [-0.2, 0) is 16.4 Å². The Morgan fingerprint density at radius 3 is 2.21 bits per heavy atom.